The van der Waals surface area contributed by atoms with Crippen molar-refractivity contribution in [3.05, 3.63) is 53.8 Å². The van der Waals surface area contributed by atoms with Crippen LogP contribution in [0.4, 0.5) is 0 Å². The number of ketones is 1. The Hall–Kier alpha value is -2.60. The molecule has 1 aliphatic carbocycles. The first kappa shape index (κ1) is 20.1. The monoisotopic (exact) mass is 385 g/mol. The van der Waals surface area contributed by atoms with E-state index in [1.807, 2.05) is 13.0 Å². The normalized spacial score (nSPS) is 25.9. The van der Waals surface area contributed by atoms with E-state index in [1.165, 1.54) is 7.11 Å². The number of ether oxygens (including phenoxy) is 3. The number of nitrogens with two attached hydrogens (primary N) is 1. The molecule has 0 spiro atoms. The van der Waals surface area contributed by atoms with Gasteiger partial charge in [0.15, 0.2) is 12.6 Å². The SMILES string of the molecule is C=CC(C)[C@H]1C[C@]2(C(C)Cc3ccc(OC)c(C(N)=O)c3)OCOC2=CC1=O. The minimum atomic E-state index is -0.664. The predicted octanol–water partition coefficient (Wildman–Crippen LogP) is 3.01. The van der Waals surface area contributed by atoms with Crippen LogP contribution in [-0.4, -0.2) is 31.2 Å². The van der Waals surface area contributed by atoms with Crippen LogP contribution in [0, 0.1) is 17.8 Å². The maximum atomic E-state index is 12.5. The maximum absolute atomic E-state index is 12.5. The third-order valence-electron chi connectivity index (χ3n) is 5.98. The van der Waals surface area contributed by atoms with Crippen LogP contribution in [-0.2, 0) is 20.7 Å². The fraction of sp³-hybridized carbons (Fsp3) is 0.455. The number of primary amides is 1. The number of hydrogen-bond donors (Lipinski definition) is 1. The number of hydrogen-bond acceptors (Lipinski definition) is 5. The Balaban J connectivity index is 1.90. The number of rotatable bonds is 7. The molecule has 0 saturated carbocycles. The molecular weight excluding hydrogens is 358 g/mol. The van der Waals surface area contributed by atoms with E-state index in [0.717, 1.165) is 5.56 Å². The standard InChI is InChI=1S/C22H27NO5/c1-5-13(2)17-11-22(20(10-18(17)24)27-12-28-22)14(3)8-15-6-7-19(26-4)16(9-15)21(23)25/h5-7,9-10,13-14,17H,1,8,11-12H2,2-4H3,(H2,23,25)/t13?,14?,17-,22-/m1/s1. The molecular formula is C22H27NO5. The molecule has 1 heterocycles. The van der Waals surface area contributed by atoms with Gasteiger partial charge in [0, 0.05) is 12.0 Å². The zero-order valence-corrected chi connectivity index (χ0v) is 16.6. The van der Waals surface area contributed by atoms with Crippen LogP contribution in [0.25, 0.3) is 0 Å². The number of amides is 1. The maximum Gasteiger partial charge on any atom is 0.252 e. The summed E-state index contributed by atoms with van der Waals surface area (Å²) in [7, 11) is 1.50. The Kier molecular flexibility index (Phi) is 5.61. The second-order valence-corrected chi connectivity index (χ2v) is 7.62. The second kappa shape index (κ2) is 7.80. The van der Waals surface area contributed by atoms with Gasteiger partial charge in [-0.3, -0.25) is 9.59 Å². The molecule has 0 radical (unpaired) electrons. The van der Waals surface area contributed by atoms with Gasteiger partial charge in [-0.25, -0.2) is 0 Å². The molecule has 0 aromatic heterocycles. The summed E-state index contributed by atoms with van der Waals surface area (Å²) >= 11 is 0. The van der Waals surface area contributed by atoms with Crippen molar-refractivity contribution in [2.24, 2.45) is 23.5 Å². The number of carbonyl (C=O) groups excluding carboxylic acids is 2. The van der Waals surface area contributed by atoms with Crippen molar-refractivity contribution in [2.45, 2.75) is 32.3 Å². The van der Waals surface area contributed by atoms with Gasteiger partial charge in [-0.05, 0) is 42.4 Å². The molecule has 1 aliphatic heterocycles. The third-order valence-corrected chi connectivity index (χ3v) is 5.98. The first-order valence-electron chi connectivity index (χ1n) is 9.44. The van der Waals surface area contributed by atoms with Crippen molar-refractivity contribution in [3.8, 4) is 5.75 Å². The van der Waals surface area contributed by atoms with E-state index in [1.54, 1.807) is 24.3 Å². The van der Waals surface area contributed by atoms with E-state index >= 15 is 0 Å². The van der Waals surface area contributed by atoms with E-state index in [-0.39, 0.29) is 30.3 Å². The number of fused-ring (bicyclic) bond motifs is 1. The van der Waals surface area contributed by atoms with Gasteiger partial charge >= 0.3 is 0 Å². The van der Waals surface area contributed by atoms with Gasteiger partial charge in [0.1, 0.15) is 17.1 Å². The van der Waals surface area contributed by atoms with E-state index in [4.69, 9.17) is 19.9 Å². The molecule has 2 N–H and O–H groups in total. The fourth-order valence-corrected chi connectivity index (χ4v) is 4.17. The molecule has 6 nitrogen and oxygen atoms in total. The minimum absolute atomic E-state index is 0.0167. The largest absolute Gasteiger partial charge is 0.496 e. The highest BCUT2D eigenvalue weighted by atomic mass is 16.7. The van der Waals surface area contributed by atoms with Crippen LogP contribution in [0.1, 0.15) is 36.2 Å². The van der Waals surface area contributed by atoms with Crippen molar-refractivity contribution in [1.29, 1.82) is 0 Å². The van der Waals surface area contributed by atoms with Gasteiger partial charge in [0.05, 0.1) is 12.7 Å². The van der Waals surface area contributed by atoms with Crippen LogP contribution in [0.5, 0.6) is 5.75 Å². The molecule has 1 fully saturated rings. The van der Waals surface area contributed by atoms with Crippen LogP contribution >= 0.6 is 0 Å². The Morgan fingerprint density at radius 3 is 2.86 bits per heavy atom. The molecule has 6 heteroatoms. The van der Waals surface area contributed by atoms with Gasteiger partial charge in [-0.15, -0.1) is 6.58 Å². The smallest absolute Gasteiger partial charge is 0.252 e. The molecule has 1 aromatic carbocycles. The summed E-state index contributed by atoms with van der Waals surface area (Å²) in [5.74, 6) is 0.434. The highest BCUT2D eigenvalue weighted by Gasteiger charge is 2.52. The number of carbonyl (C=O) groups is 2. The summed E-state index contributed by atoms with van der Waals surface area (Å²) in [5.41, 5.74) is 6.10. The Labute approximate surface area is 165 Å². The summed E-state index contributed by atoms with van der Waals surface area (Å²) < 4.78 is 16.9. The molecule has 2 aliphatic rings. The van der Waals surface area contributed by atoms with Crippen LogP contribution in [0.3, 0.4) is 0 Å². The van der Waals surface area contributed by atoms with Crippen molar-refractivity contribution < 1.29 is 23.8 Å². The predicted molar refractivity (Wildman–Crippen MR) is 105 cm³/mol. The van der Waals surface area contributed by atoms with Crippen molar-refractivity contribution in [2.75, 3.05) is 13.9 Å². The first-order valence-corrected chi connectivity index (χ1v) is 9.44. The summed E-state index contributed by atoms with van der Waals surface area (Å²) in [4.78, 5) is 24.3. The van der Waals surface area contributed by atoms with Gasteiger partial charge in [-0.1, -0.05) is 26.0 Å². The molecule has 1 amide bonds. The number of methoxy groups -OCH3 is 1. The molecule has 150 valence electrons. The lowest BCUT2D eigenvalue weighted by atomic mass is 9.69. The lowest BCUT2D eigenvalue weighted by Crippen LogP contribution is -2.46. The van der Waals surface area contributed by atoms with E-state index in [9.17, 15) is 9.59 Å². The molecule has 3 rings (SSSR count). The minimum Gasteiger partial charge on any atom is -0.496 e. The summed E-state index contributed by atoms with van der Waals surface area (Å²) in [6.45, 7) is 8.03. The summed E-state index contributed by atoms with van der Waals surface area (Å²) in [6.07, 6.45) is 4.57. The molecule has 1 saturated heterocycles. The van der Waals surface area contributed by atoms with Gasteiger partial charge in [-0.2, -0.15) is 0 Å². The molecule has 28 heavy (non-hydrogen) atoms. The molecule has 1 aromatic rings. The summed E-state index contributed by atoms with van der Waals surface area (Å²) in [6, 6.07) is 5.41. The number of benzene rings is 1. The Morgan fingerprint density at radius 2 is 2.21 bits per heavy atom. The topological polar surface area (TPSA) is 87.8 Å². The van der Waals surface area contributed by atoms with Gasteiger partial charge < -0.3 is 19.9 Å². The average molecular weight is 385 g/mol. The Bertz CT molecular complexity index is 830. The Morgan fingerprint density at radius 1 is 1.46 bits per heavy atom. The second-order valence-electron chi connectivity index (χ2n) is 7.62. The van der Waals surface area contributed by atoms with E-state index < -0.39 is 11.5 Å². The summed E-state index contributed by atoms with van der Waals surface area (Å²) in [5, 5.41) is 0. The van der Waals surface area contributed by atoms with Crippen molar-refractivity contribution in [3.63, 3.8) is 0 Å². The average Bonchev–Trinajstić information content (AvgIpc) is 3.10. The zero-order chi connectivity index (χ0) is 20.5. The first-order chi connectivity index (χ1) is 13.3. The molecule has 0 bridgehead atoms. The van der Waals surface area contributed by atoms with Crippen LogP contribution < -0.4 is 10.5 Å². The van der Waals surface area contributed by atoms with Crippen molar-refractivity contribution >= 4 is 11.7 Å². The highest BCUT2D eigenvalue weighted by Crippen LogP contribution is 2.47. The lowest BCUT2D eigenvalue weighted by Gasteiger charge is -2.39. The van der Waals surface area contributed by atoms with Crippen LogP contribution in [0.15, 0.2) is 42.7 Å². The van der Waals surface area contributed by atoms with Crippen molar-refractivity contribution in [1.82, 2.24) is 0 Å². The zero-order valence-electron chi connectivity index (χ0n) is 16.6. The van der Waals surface area contributed by atoms with Gasteiger partial charge in [0.2, 0.25) is 0 Å². The molecule has 2 unspecified atom stereocenters. The fourth-order valence-electron chi connectivity index (χ4n) is 4.17. The highest BCUT2D eigenvalue weighted by molar-refractivity contribution is 5.96. The number of allylic oxidation sites excluding steroid dienone is 2. The van der Waals surface area contributed by atoms with E-state index in [0.29, 0.717) is 29.9 Å². The van der Waals surface area contributed by atoms with E-state index in [2.05, 4.69) is 13.5 Å². The molecule has 4 atom stereocenters. The lowest BCUT2D eigenvalue weighted by molar-refractivity contribution is -0.124. The van der Waals surface area contributed by atoms with Gasteiger partial charge in [0.25, 0.3) is 5.91 Å². The quantitative estimate of drug-likeness (QED) is 0.729. The van der Waals surface area contributed by atoms with Crippen LogP contribution in [0.2, 0.25) is 0 Å². The third kappa shape index (κ3) is 3.44.